The number of H-pyrrole nitrogens is 1. The second-order valence-electron chi connectivity index (χ2n) is 4.19. The highest BCUT2D eigenvalue weighted by atomic mass is 32.1. The lowest BCUT2D eigenvalue weighted by molar-refractivity contribution is 0.740. The van der Waals surface area contributed by atoms with Gasteiger partial charge in [-0.1, -0.05) is 13.3 Å². The summed E-state index contributed by atoms with van der Waals surface area (Å²) in [5.41, 5.74) is 1.07. The standard InChI is InChI=1S/C11H16N4OS/c1-4-5-6-7-12-8-9(13-7)14(2)11(17)15(3)10(8)16/h4-6H2,1-3H3,(H,12,13). The van der Waals surface area contributed by atoms with Crippen LogP contribution in [0.4, 0.5) is 0 Å². The summed E-state index contributed by atoms with van der Waals surface area (Å²) in [5.74, 6) is 0.857. The van der Waals surface area contributed by atoms with Crippen LogP contribution in [0.5, 0.6) is 0 Å². The highest BCUT2D eigenvalue weighted by Crippen LogP contribution is 2.09. The number of imidazole rings is 1. The summed E-state index contributed by atoms with van der Waals surface area (Å²) in [5, 5.41) is 0. The van der Waals surface area contributed by atoms with E-state index < -0.39 is 0 Å². The van der Waals surface area contributed by atoms with Gasteiger partial charge in [-0.25, -0.2) is 4.98 Å². The zero-order valence-corrected chi connectivity index (χ0v) is 11.1. The molecule has 0 bridgehead atoms. The Balaban J connectivity index is 2.69. The van der Waals surface area contributed by atoms with E-state index in [2.05, 4.69) is 16.9 Å². The van der Waals surface area contributed by atoms with Gasteiger partial charge < -0.3 is 9.55 Å². The predicted molar refractivity (Wildman–Crippen MR) is 69.8 cm³/mol. The van der Waals surface area contributed by atoms with Crippen LogP contribution in [0.15, 0.2) is 4.79 Å². The van der Waals surface area contributed by atoms with Crippen LogP contribution >= 0.6 is 12.2 Å². The molecule has 0 saturated carbocycles. The van der Waals surface area contributed by atoms with E-state index in [1.54, 1.807) is 11.6 Å². The molecule has 0 saturated heterocycles. The molecule has 0 aliphatic heterocycles. The van der Waals surface area contributed by atoms with E-state index in [0.29, 0.717) is 15.9 Å². The van der Waals surface area contributed by atoms with Gasteiger partial charge in [-0.15, -0.1) is 0 Å². The molecule has 6 heteroatoms. The van der Waals surface area contributed by atoms with E-state index in [-0.39, 0.29) is 5.56 Å². The lowest BCUT2D eigenvalue weighted by Gasteiger charge is -2.03. The molecular weight excluding hydrogens is 236 g/mol. The fraction of sp³-hybridized carbons (Fsp3) is 0.545. The lowest BCUT2D eigenvalue weighted by atomic mass is 10.2. The molecule has 1 N–H and O–H groups in total. The van der Waals surface area contributed by atoms with Gasteiger partial charge in [-0.05, 0) is 18.6 Å². The molecule has 92 valence electrons. The van der Waals surface area contributed by atoms with Gasteiger partial charge in [0, 0.05) is 20.5 Å². The second kappa shape index (κ2) is 4.44. The Kier molecular flexibility index (Phi) is 3.15. The van der Waals surface area contributed by atoms with Gasteiger partial charge >= 0.3 is 0 Å². The van der Waals surface area contributed by atoms with Gasteiger partial charge in [-0.2, -0.15) is 0 Å². The maximum atomic E-state index is 12.0. The number of nitrogens with zero attached hydrogens (tertiary/aromatic N) is 3. The second-order valence-corrected chi connectivity index (χ2v) is 4.56. The Morgan fingerprint density at radius 3 is 2.71 bits per heavy atom. The molecule has 0 fully saturated rings. The molecular formula is C11H16N4OS. The van der Waals surface area contributed by atoms with E-state index in [9.17, 15) is 4.79 Å². The van der Waals surface area contributed by atoms with E-state index >= 15 is 0 Å². The first-order chi connectivity index (χ1) is 8.06. The maximum Gasteiger partial charge on any atom is 0.280 e. The van der Waals surface area contributed by atoms with Crippen molar-refractivity contribution in [2.45, 2.75) is 26.2 Å². The molecule has 0 amide bonds. The van der Waals surface area contributed by atoms with Gasteiger partial charge in [0.05, 0.1) is 0 Å². The normalized spacial score (nSPS) is 11.2. The SMILES string of the molecule is CCCCc1nc2c([nH]1)c(=O)n(C)c(=S)n2C. The zero-order chi connectivity index (χ0) is 12.6. The quantitative estimate of drug-likeness (QED) is 0.845. The third-order valence-corrected chi connectivity index (χ3v) is 3.46. The number of rotatable bonds is 3. The summed E-state index contributed by atoms with van der Waals surface area (Å²) in [6.07, 6.45) is 3.03. The van der Waals surface area contributed by atoms with Crippen molar-refractivity contribution < 1.29 is 0 Å². The van der Waals surface area contributed by atoms with Crippen molar-refractivity contribution in [2.24, 2.45) is 14.1 Å². The van der Waals surface area contributed by atoms with Crippen molar-refractivity contribution in [2.75, 3.05) is 0 Å². The van der Waals surface area contributed by atoms with E-state index in [4.69, 9.17) is 12.2 Å². The summed E-state index contributed by atoms with van der Waals surface area (Å²) in [4.78, 5) is 19.5. The minimum atomic E-state index is -0.113. The minimum Gasteiger partial charge on any atom is -0.336 e. The molecule has 0 atom stereocenters. The molecule has 5 nitrogen and oxygen atoms in total. The number of unbranched alkanes of at least 4 members (excludes halogenated alkanes) is 1. The number of hydrogen-bond acceptors (Lipinski definition) is 3. The summed E-state index contributed by atoms with van der Waals surface area (Å²) in [7, 11) is 3.51. The molecule has 2 aromatic rings. The molecule has 0 aliphatic rings. The van der Waals surface area contributed by atoms with Crippen LogP contribution in [-0.2, 0) is 20.5 Å². The maximum absolute atomic E-state index is 12.0. The third kappa shape index (κ3) is 1.93. The summed E-state index contributed by atoms with van der Waals surface area (Å²) >= 11 is 5.18. The smallest absolute Gasteiger partial charge is 0.280 e. The van der Waals surface area contributed by atoms with Crippen LogP contribution in [0.25, 0.3) is 11.2 Å². The number of fused-ring (bicyclic) bond motifs is 1. The average molecular weight is 252 g/mol. The average Bonchev–Trinajstić information content (AvgIpc) is 2.75. The molecule has 2 heterocycles. The van der Waals surface area contributed by atoms with E-state index in [0.717, 1.165) is 25.1 Å². The lowest BCUT2D eigenvalue weighted by Crippen LogP contribution is -2.21. The highest BCUT2D eigenvalue weighted by Gasteiger charge is 2.11. The Bertz CT molecular complexity index is 664. The Morgan fingerprint density at radius 1 is 1.35 bits per heavy atom. The number of aryl methyl sites for hydroxylation is 2. The Morgan fingerprint density at radius 2 is 2.06 bits per heavy atom. The van der Waals surface area contributed by atoms with Crippen LogP contribution in [0.2, 0.25) is 0 Å². The van der Waals surface area contributed by atoms with Crippen molar-refractivity contribution >= 4 is 23.4 Å². The minimum absolute atomic E-state index is 0.113. The van der Waals surface area contributed by atoms with Gasteiger partial charge in [-0.3, -0.25) is 9.36 Å². The monoisotopic (exact) mass is 252 g/mol. The number of hydrogen-bond donors (Lipinski definition) is 1. The fourth-order valence-electron chi connectivity index (χ4n) is 1.84. The number of aromatic amines is 1. The molecule has 2 aromatic heterocycles. The summed E-state index contributed by atoms with van der Waals surface area (Å²) in [6, 6.07) is 0. The first-order valence-corrected chi connectivity index (χ1v) is 6.11. The van der Waals surface area contributed by atoms with Crippen molar-refractivity contribution in [1.82, 2.24) is 19.1 Å². The van der Waals surface area contributed by atoms with Crippen molar-refractivity contribution in [3.05, 3.63) is 20.9 Å². The molecule has 2 rings (SSSR count). The van der Waals surface area contributed by atoms with Gasteiger partial charge in [0.1, 0.15) is 11.3 Å². The first-order valence-electron chi connectivity index (χ1n) is 5.70. The Hall–Kier alpha value is -1.43. The number of aromatic nitrogens is 4. The van der Waals surface area contributed by atoms with Crippen molar-refractivity contribution in [3.63, 3.8) is 0 Å². The van der Waals surface area contributed by atoms with Crippen molar-refractivity contribution in [1.29, 1.82) is 0 Å². The van der Waals surface area contributed by atoms with Gasteiger partial charge in [0.25, 0.3) is 5.56 Å². The molecule has 0 radical (unpaired) electrons. The summed E-state index contributed by atoms with van der Waals surface area (Å²) in [6.45, 7) is 2.13. The molecule has 17 heavy (non-hydrogen) atoms. The molecule has 0 spiro atoms. The fourth-order valence-corrected chi connectivity index (χ4v) is 2.01. The largest absolute Gasteiger partial charge is 0.336 e. The highest BCUT2D eigenvalue weighted by molar-refractivity contribution is 7.71. The molecule has 0 unspecified atom stereocenters. The van der Waals surface area contributed by atoms with E-state index in [1.165, 1.54) is 4.57 Å². The van der Waals surface area contributed by atoms with Gasteiger partial charge in [0.15, 0.2) is 10.4 Å². The van der Waals surface area contributed by atoms with Crippen LogP contribution in [0, 0.1) is 4.77 Å². The number of nitrogens with one attached hydrogen (secondary N) is 1. The molecule has 0 aromatic carbocycles. The van der Waals surface area contributed by atoms with Gasteiger partial charge in [0.2, 0.25) is 0 Å². The van der Waals surface area contributed by atoms with E-state index in [1.807, 2.05) is 7.05 Å². The van der Waals surface area contributed by atoms with Crippen LogP contribution in [0.3, 0.4) is 0 Å². The first kappa shape index (κ1) is 12.0. The zero-order valence-electron chi connectivity index (χ0n) is 10.3. The molecule has 0 aliphatic carbocycles. The predicted octanol–water partition coefficient (Wildman–Crippen LogP) is 1.67. The topological polar surface area (TPSA) is 55.6 Å². The Labute approximate surface area is 104 Å². The van der Waals surface area contributed by atoms with Crippen LogP contribution < -0.4 is 5.56 Å². The summed E-state index contributed by atoms with van der Waals surface area (Å²) < 4.78 is 3.70. The third-order valence-electron chi connectivity index (χ3n) is 2.91. The van der Waals surface area contributed by atoms with Crippen LogP contribution in [-0.4, -0.2) is 19.1 Å². The van der Waals surface area contributed by atoms with Crippen LogP contribution in [0.1, 0.15) is 25.6 Å². The van der Waals surface area contributed by atoms with Crippen molar-refractivity contribution in [3.8, 4) is 0 Å².